The van der Waals surface area contributed by atoms with Gasteiger partial charge in [0.1, 0.15) is 5.69 Å². The number of benzene rings is 2. The monoisotopic (exact) mass is 467 g/mol. The molecule has 33 heavy (non-hydrogen) atoms. The first-order valence-corrected chi connectivity index (χ1v) is 13.0. The fraction of sp³-hybridized carbons (Fsp3) is 0.423. The molecular formula is C26H33N3O3S. The number of rotatable bonds is 5. The molecule has 0 unspecified atom stereocenters. The zero-order valence-electron chi connectivity index (χ0n) is 20.1. The quantitative estimate of drug-likeness (QED) is 0.554. The highest BCUT2D eigenvalue weighted by Gasteiger charge is 2.30. The molecule has 0 spiro atoms. The van der Waals surface area contributed by atoms with Crippen LogP contribution in [0.2, 0.25) is 0 Å². The molecule has 1 aliphatic rings. The summed E-state index contributed by atoms with van der Waals surface area (Å²) in [4.78, 5) is 17.7. The van der Waals surface area contributed by atoms with Crippen LogP contribution in [0.25, 0.3) is 10.9 Å². The van der Waals surface area contributed by atoms with Gasteiger partial charge < -0.3 is 9.80 Å². The molecule has 7 heteroatoms. The summed E-state index contributed by atoms with van der Waals surface area (Å²) in [6.45, 7) is 11.0. The van der Waals surface area contributed by atoms with E-state index in [-0.39, 0.29) is 16.5 Å². The van der Waals surface area contributed by atoms with E-state index in [0.29, 0.717) is 30.4 Å². The van der Waals surface area contributed by atoms with Crippen molar-refractivity contribution in [3.8, 4) is 0 Å². The fourth-order valence-electron chi connectivity index (χ4n) is 4.28. The Balaban J connectivity index is 1.87. The van der Waals surface area contributed by atoms with Crippen LogP contribution in [-0.4, -0.2) is 61.3 Å². The van der Waals surface area contributed by atoms with Gasteiger partial charge in [0, 0.05) is 31.6 Å². The van der Waals surface area contributed by atoms with Crippen LogP contribution in [-0.2, 0) is 10.0 Å². The molecule has 1 aliphatic heterocycles. The Morgan fingerprint density at radius 3 is 1.97 bits per heavy atom. The zero-order valence-corrected chi connectivity index (χ0v) is 20.9. The lowest BCUT2D eigenvalue weighted by molar-refractivity contribution is 0.0657. The van der Waals surface area contributed by atoms with Gasteiger partial charge in [-0.05, 0) is 60.3 Å². The predicted octanol–water partition coefficient (Wildman–Crippen LogP) is 4.51. The Labute approximate surface area is 196 Å². The van der Waals surface area contributed by atoms with Gasteiger partial charge in [0.2, 0.25) is 0 Å². The summed E-state index contributed by atoms with van der Waals surface area (Å²) < 4.78 is 29.0. The lowest BCUT2D eigenvalue weighted by atomic mass is 10.0. The number of aromatic nitrogens is 1. The maximum atomic E-state index is 13.9. The molecule has 3 aromatic rings. The van der Waals surface area contributed by atoms with Crippen molar-refractivity contribution in [3.05, 3.63) is 65.4 Å². The second-order valence-electron chi connectivity index (χ2n) is 9.59. The van der Waals surface area contributed by atoms with E-state index in [1.165, 1.54) is 3.97 Å². The van der Waals surface area contributed by atoms with Crippen LogP contribution in [0.5, 0.6) is 0 Å². The van der Waals surface area contributed by atoms with Gasteiger partial charge in [0.25, 0.3) is 15.9 Å². The molecule has 4 rings (SSSR count). The summed E-state index contributed by atoms with van der Waals surface area (Å²) in [5.41, 5.74) is 2.91. The van der Waals surface area contributed by atoms with Crippen molar-refractivity contribution >= 4 is 26.8 Å². The molecule has 0 N–H and O–H groups in total. The average molecular weight is 468 g/mol. The minimum Gasteiger partial charge on any atom is -0.335 e. The van der Waals surface area contributed by atoms with Crippen LogP contribution in [0.1, 0.15) is 61.1 Å². The van der Waals surface area contributed by atoms with Crippen LogP contribution in [0, 0.1) is 0 Å². The molecule has 0 saturated carbocycles. The van der Waals surface area contributed by atoms with Gasteiger partial charge in [-0.2, -0.15) is 0 Å². The van der Waals surface area contributed by atoms with Gasteiger partial charge in [-0.3, -0.25) is 4.79 Å². The SMILES string of the molecule is CC(C)c1ccc(S(=O)(=O)n2c(C(=O)N3CCN(C)CC3)cc3cc(C(C)C)ccc32)cc1. The second kappa shape index (κ2) is 8.95. The van der Waals surface area contributed by atoms with E-state index >= 15 is 0 Å². The third-order valence-electron chi connectivity index (χ3n) is 6.54. The minimum absolute atomic E-state index is 0.185. The molecule has 1 aromatic heterocycles. The van der Waals surface area contributed by atoms with Gasteiger partial charge in [-0.1, -0.05) is 45.9 Å². The summed E-state index contributed by atoms with van der Waals surface area (Å²) in [6.07, 6.45) is 0. The van der Waals surface area contributed by atoms with Crippen molar-refractivity contribution < 1.29 is 13.2 Å². The zero-order chi connectivity index (χ0) is 23.9. The molecule has 0 aliphatic carbocycles. The fourth-order valence-corrected chi connectivity index (χ4v) is 5.78. The van der Waals surface area contributed by atoms with Crippen LogP contribution in [0.15, 0.2) is 53.4 Å². The summed E-state index contributed by atoms with van der Waals surface area (Å²) in [5.74, 6) is 0.362. The van der Waals surface area contributed by atoms with Crippen molar-refractivity contribution in [2.75, 3.05) is 33.2 Å². The molecule has 1 fully saturated rings. The standard InChI is InChI=1S/C26H33N3O3S/c1-18(2)20-6-9-23(10-7-20)33(31,32)29-24-11-8-21(19(3)4)16-22(24)17-25(29)26(30)28-14-12-27(5)13-15-28/h6-11,16-19H,12-15H2,1-5H3. The van der Waals surface area contributed by atoms with Crippen LogP contribution in [0.3, 0.4) is 0 Å². The lowest BCUT2D eigenvalue weighted by Crippen LogP contribution is -2.47. The first kappa shape index (κ1) is 23.5. The molecular weight excluding hydrogens is 434 g/mol. The molecule has 0 atom stereocenters. The van der Waals surface area contributed by atoms with Crippen molar-refractivity contribution in [3.63, 3.8) is 0 Å². The first-order valence-electron chi connectivity index (χ1n) is 11.6. The number of carbonyl (C=O) groups is 1. The van der Waals surface area contributed by atoms with Gasteiger partial charge >= 0.3 is 0 Å². The smallest absolute Gasteiger partial charge is 0.271 e. The molecule has 0 radical (unpaired) electrons. The van der Waals surface area contributed by atoms with E-state index in [1.54, 1.807) is 23.1 Å². The number of hydrogen-bond donors (Lipinski definition) is 0. The maximum absolute atomic E-state index is 13.9. The Kier molecular flexibility index (Phi) is 6.38. The van der Waals surface area contributed by atoms with E-state index in [1.807, 2.05) is 37.4 Å². The molecule has 0 bridgehead atoms. The van der Waals surface area contributed by atoms with Gasteiger partial charge in [0.15, 0.2) is 0 Å². The molecule has 2 heterocycles. The highest BCUT2D eigenvalue weighted by atomic mass is 32.2. The molecule has 176 valence electrons. The van der Waals surface area contributed by atoms with Crippen LogP contribution >= 0.6 is 0 Å². The minimum atomic E-state index is -3.96. The van der Waals surface area contributed by atoms with Crippen LogP contribution < -0.4 is 0 Å². The van der Waals surface area contributed by atoms with Crippen LogP contribution in [0.4, 0.5) is 0 Å². The Morgan fingerprint density at radius 2 is 1.39 bits per heavy atom. The highest BCUT2D eigenvalue weighted by molar-refractivity contribution is 7.90. The maximum Gasteiger partial charge on any atom is 0.271 e. The van der Waals surface area contributed by atoms with Gasteiger partial charge in [-0.25, -0.2) is 12.4 Å². The van der Waals surface area contributed by atoms with E-state index < -0.39 is 10.0 Å². The van der Waals surface area contributed by atoms with Crippen molar-refractivity contribution in [2.45, 2.75) is 44.4 Å². The Hall–Kier alpha value is -2.64. The lowest BCUT2D eigenvalue weighted by Gasteiger charge is -2.32. The normalized spacial score (nSPS) is 15.7. The predicted molar refractivity (Wildman–Crippen MR) is 133 cm³/mol. The first-order chi connectivity index (χ1) is 15.6. The van der Waals surface area contributed by atoms with Crippen molar-refractivity contribution in [1.29, 1.82) is 0 Å². The van der Waals surface area contributed by atoms with E-state index in [4.69, 9.17) is 0 Å². The third kappa shape index (κ3) is 4.44. The largest absolute Gasteiger partial charge is 0.335 e. The van der Waals surface area contributed by atoms with E-state index in [2.05, 4.69) is 32.6 Å². The molecule has 1 saturated heterocycles. The summed E-state index contributed by atoms with van der Waals surface area (Å²) in [7, 11) is -1.94. The third-order valence-corrected chi connectivity index (χ3v) is 8.28. The van der Waals surface area contributed by atoms with Gasteiger partial charge in [0.05, 0.1) is 10.4 Å². The number of likely N-dealkylation sites (N-methyl/N-ethyl adjacent to an activating group) is 1. The average Bonchev–Trinajstić information content (AvgIpc) is 3.18. The Morgan fingerprint density at radius 1 is 0.818 bits per heavy atom. The highest BCUT2D eigenvalue weighted by Crippen LogP contribution is 2.30. The summed E-state index contributed by atoms with van der Waals surface area (Å²) in [5, 5.41) is 0.765. The number of hydrogen-bond acceptors (Lipinski definition) is 4. The van der Waals surface area contributed by atoms with Crippen molar-refractivity contribution in [1.82, 2.24) is 13.8 Å². The number of amides is 1. The Bertz CT molecular complexity index is 1270. The number of piperazine rings is 1. The topological polar surface area (TPSA) is 62.6 Å². The molecule has 2 aromatic carbocycles. The van der Waals surface area contributed by atoms with Crippen molar-refractivity contribution in [2.24, 2.45) is 0 Å². The second-order valence-corrected chi connectivity index (χ2v) is 11.4. The summed E-state index contributed by atoms with van der Waals surface area (Å²) in [6, 6.07) is 14.5. The van der Waals surface area contributed by atoms with Gasteiger partial charge in [-0.15, -0.1) is 0 Å². The number of carbonyl (C=O) groups excluding carboxylic acids is 1. The summed E-state index contributed by atoms with van der Waals surface area (Å²) >= 11 is 0. The molecule has 1 amide bonds. The number of fused-ring (bicyclic) bond motifs is 1. The van der Waals surface area contributed by atoms with E-state index in [9.17, 15) is 13.2 Å². The molecule has 6 nitrogen and oxygen atoms in total. The number of nitrogens with zero attached hydrogens (tertiary/aromatic N) is 3. The van der Waals surface area contributed by atoms with E-state index in [0.717, 1.165) is 29.6 Å².